The Balaban J connectivity index is 1.95. The summed E-state index contributed by atoms with van der Waals surface area (Å²) in [5, 5.41) is 8.95. The first-order valence-electron chi connectivity index (χ1n) is 5.86. The zero-order valence-corrected chi connectivity index (χ0v) is 11.8. The summed E-state index contributed by atoms with van der Waals surface area (Å²) in [6.07, 6.45) is 2.33. The highest BCUT2D eigenvalue weighted by Crippen LogP contribution is 2.21. The highest BCUT2D eigenvalue weighted by atomic mass is 35.5. The SMILES string of the molecule is NC(CO)Cc1cccc(OCc2cnc(Cl)s2)c1. The smallest absolute Gasteiger partial charge is 0.183 e. The minimum Gasteiger partial charge on any atom is -0.488 e. The molecule has 1 atom stereocenters. The molecule has 2 rings (SSSR count). The van der Waals surface area contributed by atoms with Crippen LogP contribution in [0.4, 0.5) is 0 Å². The first kappa shape index (κ1) is 14.3. The summed E-state index contributed by atoms with van der Waals surface area (Å²) in [5.74, 6) is 0.771. The van der Waals surface area contributed by atoms with Gasteiger partial charge in [0.1, 0.15) is 12.4 Å². The van der Waals surface area contributed by atoms with Gasteiger partial charge < -0.3 is 15.6 Å². The van der Waals surface area contributed by atoms with Crippen molar-refractivity contribution >= 4 is 22.9 Å². The standard InChI is InChI=1S/C13H15ClN2O2S/c14-13-16-6-12(19-13)8-18-11-3-1-2-9(5-11)4-10(15)7-17/h1-3,5-6,10,17H,4,7-8,15H2. The Morgan fingerprint density at radius 2 is 2.32 bits per heavy atom. The summed E-state index contributed by atoms with van der Waals surface area (Å²) < 4.78 is 6.18. The van der Waals surface area contributed by atoms with Crippen molar-refractivity contribution in [2.24, 2.45) is 5.73 Å². The topological polar surface area (TPSA) is 68.4 Å². The second-order valence-corrected chi connectivity index (χ2v) is 5.86. The fraction of sp³-hybridized carbons (Fsp3) is 0.308. The molecule has 0 amide bonds. The molecular weight excluding hydrogens is 284 g/mol. The lowest BCUT2D eigenvalue weighted by molar-refractivity contribution is 0.265. The van der Waals surface area contributed by atoms with E-state index >= 15 is 0 Å². The molecule has 3 N–H and O–H groups in total. The zero-order valence-electron chi connectivity index (χ0n) is 10.3. The monoisotopic (exact) mass is 298 g/mol. The van der Waals surface area contributed by atoms with E-state index in [1.54, 1.807) is 6.20 Å². The Morgan fingerprint density at radius 1 is 1.47 bits per heavy atom. The highest BCUT2D eigenvalue weighted by Gasteiger charge is 2.05. The average Bonchev–Trinajstić information content (AvgIpc) is 2.82. The molecule has 19 heavy (non-hydrogen) atoms. The highest BCUT2D eigenvalue weighted by molar-refractivity contribution is 7.15. The Bertz CT molecular complexity index is 533. The van der Waals surface area contributed by atoms with Gasteiger partial charge >= 0.3 is 0 Å². The summed E-state index contributed by atoms with van der Waals surface area (Å²) in [6.45, 7) is 0.421. The Labute approximate surface area is 120 Å². The number of aliphatic hydroxyl groups excluding tert-OH is 1. The van der Waals surface area contributed by atoms with Crippen molar-refractivity contribution in [3.63, 3.8) is 0 Å². The molecule has 4 nitrogen and oxygen atoms in total. The maximum atomic E-state index is 8.95. The number of halogens is 1. The van der Waals surface area contributed by atoms with Crippen LogP contribution in [0.25, 0.3) is 0 Å². The van der Waals surface area contributed by atoms with E-state index in [1.807, 2.05) is 24.3 Å². The molecule has 0 saturated carbocycles. The second kappa shape index (κ2) is 6.86. The molecule has 0 aliphatic rings. The molecule has 1 aromatic carbocycles. The second-order valence-electron chi connectivity index (χ2n) is 4.16. The lowest BCUT2D eigenvalue weighted by atomic mass is 10.1. The van der Waals surface area contributed by atoms with Crippen LogP contribution >= 0.6 is 22.9 Å². The van der Waals surface area contributed by atoms with Crippen molar-refractivity contribution in [3.8, 4) is 5.75 Å². The van der Waals surface area contributed by atoms with Gasteiger partial charge in [0.2, 0.25) is 0 Å². The molecule has 1 aromatic heterocycles. The Morgan fingerprint density at radius 3 is 3.00 bits per heavy atom. The minimum absolute atomic E-state index is 0.0234. The van der Waals surface area contributed by atoms with E-state index in [4.69, 9.17) is 27.2 Å². The van der Waals surface area contributed by atoms with Crippen LogP contribution in [0.5, 0.6) is 5.75 Å². The number of nitrogens with zero attached hydrogens (tertiary/aromatic N) is 1. The minimum atomic E-state index is -0.240. The van der Waals surface area contributed by atoms with Gasteiger partial charge in [0.25, 0.3) is 0 Å². The van der Waals surface area contributed by atoms with Crippen molar-refractivity contribution in [2.75, 3.05) is 6.61 Å². The maximum absolute atomic E-state index is 8.95. The average molecular weight is 299 g/mol. The third-order valence-electron chi connectivity index (χ3n) is 2.54. The Kier molecular flexibility index (Phi) is 5.15. The predicted molar refractivity (Wildman–Crippen MR) is 76.7 cm³/mol. The molecule has 0 spiro atoms. The molecule has 102 valence electrons. The van der Waals surface area contributed by atoms with Gasteiger partial charge in [-0.2, -0.15) is 0 Å². The lowest BCUT2D eigenvalue weighted by Crippen LogP contribution is -2.26. The van der Waals surface area contributed by atoms with E-state index in [0.717, 1.165) is 16.2 Å². The van der Waals surface area contributed by atoms with Crippen LogP contribution < -0.4 is 10.5 Å². The number of aliphatic hydroxyl groups is 1. The molecule has 0 radical (unpaired) electrons. The molecule has 0 aliphatic heterocycles. The summed E-state index contributed by atoms with van der Waals surface area (Å²) in [7, 11) is 0. The Hall–Kier alpha value is -1.14. The quantitative estimate of drug-likeness (QED) is 0.858. The van der Waals surface area contributed by atoms with Crippen LogP contribution in [0.15, 0.2) is 30.5 Å². The van der Waals surface area contributed by atoms with Crippen LogP contribution in [-0.4, -0.2) is 22.7 Å². The summed E-state index contributed by atoms with van der Waals surface area (Å²) in [6, 6.07) is 7.45. The summed E-state index contributed by atoms with van der Waals surface area (Å²) in [5.41, 5.74) is 6.75. The van der Waals surface area contributed by atoms with Crippen molar-refractivity contribution in [2.45, 2.75) is 19.1 Å². The van der Waals surface area contributed by atoms with Gasteiger partial charge in [-0.05, 0) is 24.1 Å². The van der Waals surface area contributed by atoms with Crippen LogP contribution in [0.2, 0.25) is 4.47 Å². The van der Waals surface area contributed by atoms with Gasteiger partial charge in [-0.25, -0.2) is 4.98 Å². The number of ether oxygens (including phenoxy) is 1. The summed E-state index contributed by atoms with van der Waals surface area (Å²) in [4.78, 5) is 4.93. The van der Waals surface area contributed by atoms with E-state index in [0.29, 0.717) is 17.5 Å². The molecule has 6 heteroatoms. The van der Waals surface area contributed by atoms with Crippen molar-refractivity contribution in [3.05, 3.63) is 45.4 Å². The number of hydrogen-bond donors (Lipinski definition) is 2. The molecule has 1 unspecified atom stereocenters. The zero-order chi connectivity index (χ0) is 13.7. The van der Waals surface area contributed by atoms with E-state index < -0.39 is 0 Å². The number of benzene rings is 1. The van der Waals surface area contributed by atoms with Crippen molar-refractivity contribution in [1.82, 2.24) is 4.98 Å². The molecule has 0 fully saturated rings. The third-order valence-corrected chi connectivity index (χ3v) is 3.63. The van der Waals surface area contributed by atoms with E-state index in [-0.39, 0.29) is 12.6 Å². The summed E-state index contributed by atoms with van der Waals surface area (Å²) >= 11 is 7.16. The first-order valence-corrected chi connectivity index (χ1v) is 7.05. The number of rotatable bonds is 6. The van der Waals surface area contributed by atoms with Gasteiger partial charge in [-0.3, -0.25) is 0 Å². The largest absolute Gasteiger partial charge is 0.488 e. The molecule has 2 aromatic rings. The van der Waals surface area contributed by atoms with Gasteiger partial charge in [-0.15, -0.1) is 11.3 Å². The van der Waals surface area contributed by atoms with Gasteiger partial charge in [0, 0.05) is 12.2 Å². The van der Waals surface area contributed by atoms with Crippen LogP contribution in [0.1, 0.15) is 10.4 Å². The van der Waals surface area contributed by atoms with E-state index in [2.05, 4.69) is 4.98 Å². The normalized spacial score (nSPS) is 12.4. The molecule has 0 bridgehead atoms. The molecule has 0 saturated heterocycles. The maximum Gasteiger partial charge on any atom is 0.183 e. The number of hydrogen-bond acceptors (Lipinski definition) is 5. The van der Waals surface area contributed by atoms with Gasteiger partial charge in [0.05, 0.1) is 11.5 Å². The number of aromatic nitrogens is 1. The van der Waals surface area contributed by atoms with Gasteiger partial charge in [0.15, 0.2) is 4.47 Å². The van der Waals surface area contributed by atoms with Crippen molar-refractivity contribution in [1.29, 1.82) is 0 Å². The number of nitrogens with two attached hydrogens (primary N) is 1. The molecule has 0 aliphatic carbocycles. The number of thiazole rings is 1. The molecular formula is C13H15ClN2O2S. The van der Waals surface area contributed by atoms with Crippen molar-refractivity contribution < 1.29 is 9.84 Å². The molecule has 1 heterocycles. The van der Waals surface area contributed by atoms with E-state index in [1.165, 1.54) is 11.3 Å². The fourth-order valence-electron chi connectivity index (χ4n) is 1.63. The fourth-order valence-corrected chi connectivity index (χ4v) is 2.53. The lowest BCUT2D eigenvalue weighted by Gasteiger charge is -2.10. The van der Waals surface area contributed by atoms with Crippen LogP contribution in [0.3, 0.4) is 0 Å². The predicted octanol–water partition coefficient (Wildman–Crippen LogP) is 2.24. The van der Waals surface area contributed by atoms with Gasteiger partial charge in [-0.1, -0.05) is 23.7 Å². The first-order chi connectivity index (χ1) is 9.17. The third kappa shape index (κ3) is 4.47. The van der Waals surface area contributed by atoms with Crippen LogP contribution in [-0.2, 0) is 13.0 Å². The van der Waals surface area contributed by atoms with Crippen LogP contribution in [0, 0.1) is 0 Å². The van der Waals surface area contributed by atoms with E-state index in [9.17, 15) is 0 Å².